The van der Waals surface area contributed by atoms with E-state index in [1.54, 1.807) is 11.9 Å². The number of rotatable bonds is 4. The van der Waals surface area contributed by atoms with Crippen molar-refractivity contribution in [3.8, 4) is 0 Å². The van der Waals surface area contributed by atoms with E-state index in [2.05, 4.69) is 4.90 Å². The Labute approximate surface area is 128 Å². The number of hydrogen-bond donors (Lipinski definition) is 1. The van der Waals surface area contributed by atoms with Gasteiger partial charge in [0.1, 0.15) is 11.9 Å². The van der Waals surface area contributed by atoms with Crippen molar-refractivity contribution in [3.05, 3.63) is 28.3 Å². The second-order valence-corrected chi connectivity index (χ2v) is 6.71. The molecule has 1 aromatic rings. The third-order valence-electron chi connectivity index (χ3n) is 3.54. The lowest BCUT2D eigenvalue weighted by molar-refractivity contribution is -0.384. The molecule has 1 unspecified atom stereocenters. The van der Waals surface area contributed by atoms with Crippen LogP contribution in [0.5, 0.6) is 0 Å². The normalized spacial score (nSPS) is 19.9. The van der Waals surface area contributed by atoms with Gasteiger partial charge in [0.15, 0.2) is 0 Å². The molecule has 0 aromatic heterocycles. The Morgan fingerprint density at radius 1 is 1.50 bits per heavy atom. The summed E-state index contributed by atoms with van der Waals surface area (Å²) in [7, 11) is -0.396. The quantitative estimate of drug-likeness (QED) is 0.608. The van der Waals surface area contributed by atoms with E-state index >= 15 is 0 Å². The van der Waals surface area contributed by atoms with Crippen molar-refractivity contribution in [2.24, 2.45) is 5.14 Å². The van der Waals surface area contributed by atoms with Crippen LogP contribution < -0.4 is 10.0 Å². The Bertz CT molecular complexity index is 678. The molecule has 1 atom stereocenters. The molecule has 1 aliphatic rings. The number of hydrogen-bond acceptors (Lipinski definition) is 7. The molecule has 22 heavy (non-hydrogen) atoms. The highest BCUT2D eigenvalue weighted by molar-refractivity contribution is 7.89. The van der Waals surface area contributed by atoms with E-state index in [4.69, 9.17) is 9.88 Å². The molecule has 9 nitrogen and oxygen atoms in total. The number of benzene rings is 1. The van der Waals surface area contributed by atoms with Crippen molar-refractivity contribution in [2.45, 2.75) is 11.1 Å². The summed E-state index contributed by atoms with van der Waals surface area (Å²) in [6.45, 7) is 1.90. The monoisotopic (exact) mass is 330 g/mol. The fourth-order valence-corrected chi connectivity index (χ4v) is 2.80. The van der Waals surface area contributed by atoms with Gasteiger partial charge in [0.2, 0.25) is 10.0 Å². The number of nitro benzene ring substituents is 1. The van der Waals surface area contributed by atoms with E-state index in [1.807, 2.05) is 7.05 Å². The maximum Gasteiger partial charge on any atom is 0.293 e. The average molecular weight is 330 g/mol. The molecular weight excluding hydrogens is 312 g/mol. The predicted octanol–water partition coefficient (Wildman–Crippen LogP) is -0.0335. The van der Waals surface area contributed by atoms with Gasteiger partial charge in [-0.05, 0) is 19.2 Å². The molecule has 0 spiro atoms. The SMILES string of the molecule is CN1CCOC(N(C)c2ccc(S(N)(=O)=O)cc2[N+](=O)[O-])C1. The Hall–Kier alpha value is -1.75. The number of nitrogens with zero attached hydrogens (tertiary/aromatic N) is 3. The minimum atomic E-state index is -4.00. The highest BCUT2D eigenvalue weighted by Gasteiger charge is 2.28. The summed E-state index contributed by atoms with van der Waals surface area (Å²) in [5.41, 5.74) is -0.0523. The van der Waals surface area contributed by atoms with E-state index in [0.717, 1.165) is 12.6 Å². The minimum absolute atomic E-state index is 0.276. The second kappa shape index (κ2) is 6.16. The van der Waals surface area contributed by atoms with Crippen molar-refractivity contribution in [3.63, 3.8) is 0 Å². The molecule has 1 aromatic carbocycles. The smallest absolute Gasteiger partial charge is 0.293 e. The van der Waals surface area contributed by atoms with Crippen LogP contribution in [0.15, 0.2) is 23.1 Å². The van der Waals surface area contributed by atoms with Crippen LogP contribution in [0.25, 0.3) is 0 Å². The molecule has 2 rings (SSSR count). The first kappa shape index (κ1) is 16.6. The van der Waals surface area contributed by atoms with Gasteiger partial charge < -0.3 is 9.64 Å². The molecule has 1 heterocycles. The topological polar surface area (TPSA) is 119 Å². The van der Waals surface area contributed by atoms with Crippen molar-refractivity contribution < 1.29 is 18.1 Å². The molecule has 1 aliphatic heterocycles. The van der Waals surface area contributed by atoms with Gasteiger partial charge in [-0.3, -0.25) is 15.0 Å². The number of sulfonamides is 1. The predicted molar refractivity (Wildman–Crippen MR) is 80.1 cm³/mol. The van der Waals surface area contributed by atoms with E-state index in [-0.39, 0.29) is 22.5 Å². The van der Waals surface area contributed by atoms with E-state index in [9.17, 15) is 18.5 Å². The molecule has 0 bridgehead atoms. The molecule has 10 heteroatoms. The number of ether oxygens (including phenoxy) is 1. The summed E-state index contributed by atoms with van der Waals surface area (Å²) in [5, 5.41) is 16.3. The van der Waals surface area contributed by atoms with Gasteiger partial charge in [0.05, 0.1) is 16.4 Å². The maximum absolute atomic E-state index is 11.3. The summed E-state index contributed by atoms with van der Waals surface area (Å²) < 4.78 is 28.3. The van der Waals surface area contributed by atoms with Crippen LogP contribution in [-0.4, -0.2) is 58.3 Å². The Kier molecular flexibility index (Phi) is 4.66. The zero-order chi connectivity index (χ0) is 16.5. The third-order valence-corrected chi connectivity index (χ3v) is 4.45. The van der Waals surface area contributed by atoms with Crippen LogP contribution in [-0.2, 0) is 14.8 Å². The fourth-order valence-electron chi connectivity index (χ4n) is 2.27. The first-order valence-electron chi connectivity index (χ1n) is 6.54. The molecule has 1 fully saturated rings. The largest absolute Gasteiger partial charge is 0.356 e. The van der Waals surface area contributed by atoms with E-state index < -0.39 is 14.9 Å². The van der Waals surface area contributed by atoms with Crippen LogP contribution in [0.1, 0.15) is 0 Å². The Balaban J connectivity index is 2.39. The fraction of sp³-hybridized carbons (Fsp3) is 0.500. The average Bonchev–Trinajstić information content (AvgIpc) is 2.44. The Morgan fingerprint density at radius 3 is 2.73 bits per heavy atom. The van der Waals surface area contributed by atoms with Gasteiger partial charge in [-0.15, -0.1) is 0 Å². The summed E-state index contributed by atoms with van der Waals surface area (Å²) >= 11 is 0. The second-order valence-electron chi connectivity index (χ2n) is 5.15. The molecule has 1 saturated heterocycles. The van der Waals surface area contributed by atoms with Gasteiger partial charge in [0, 0.05) is 26.2 Å². The van der Waals surface area contributed by atoms with Gasteiger partial charge in [0.25, 0.3) is 5.69 Å². The van der Waals surface area contributed by atoms with Crippen molar-refractivity contribution in [1.29, 1.82) is 0 Å². The number of primary sulfonamides is 1. The number of anilines is 1. The van der Waals surface area contributed by atoms with E-state index in [1.165, 1.54) is 12.1 Å². The summed E-state index contributed by atoms with van der Waals surface area (Å²) in [6, 6.07) is 3.59. The third kappa shape index (κ3) is 3.53. The Morgan fingerprint density at radius 2 is 2.18 bits per heavy atom. The van der Waals surface area contributed by atoms with Gasteiger partial charge in [-0.1, -0.05) is 0 Å². The highest BCUT2D eigenvalue weighted by Crippen LogP contribution is 2.31. The lowest BCUT2D eigenvalue weighted by atomic mass is 10.2. The van der Waals surface area contributed by atoms with Crippen molar-refractivity contribution in [1.82, 2.24) is 4.90 Å². The zero-order valence-electron chi connectivity index (χ0n) is 12.3. The van der Waals surface area contributed by atoms with Gasteiger partial charge >= 0.3 is 0 Å². The van der Waals surface area contributed by atoms with Crippen LogP contribution in [0.4, 0.5) is 11.4 Å². The highest BCUT2D eigenvalue weighted by atomic mass is 32.2. The van der Waals surface area contributed by atoms with Crippen LogP contribution >= 0.6 is 0 Å². The summed E-state index contributed by atoms with van der Waals surface area (Å²) in [6.07, 6.45) is -0.349. The number of nitro groups is 1. The summed E-state index contributed by atoms with van der Waals surface area (Å²) in [4.78, 5) is 14.0. The maximum atomic E-state index is 11.3. The molecular formula is C12H18N4O5S. The minimum Gasteiger partial charge on any atom is -0.356 e. The van der Waals surface area contributed by atoms with Gasteiger partial charge in [-0.25, -0.2) is 13.6 Å². The number of likely N-dealkylation sites (N-methyl/N-ethyl adjacent to an activating group) is 2. The number of nitrogens with two attached hydrogens (primary N) is 1. The molecule has 122 valence electrons. The van der Waals surface area contributed by atoms with Crippen LogP contribution in [0.2, 0.25) is 0 Å². The van der Waals surface area contributed by atoms with Gasteiger partial charge in [-0.2, -0.15) is 0 Å². The first-order chi connectivity index (χ1) is 10.2. The standard InChI is InChI=1S/C12H18N4O5S/c1-14-5-6-21-12(8-14)15(2)10-4-3-9(22(13,19)20)7-11(10)16(17)18/h3-4,7,12H,5-6,8H2,1-2H3,(H2,13,19,20). The lowest BCUT2D eigenvalue weighted by Gasteiger charge is -2.36. The molecule has 0 amide bonds. The lowest BCUT2D eigenvalue weighted by Crippen LogP contribution is -2.48. The summed E-state index contributed by atoms with van der Waals surface area (Å²) in [5.74, 6) is 0. The van der Waals surface area contributed by atoms with E-state index in [0.29, 0.717) is 13.2 Å². The van der Waals surface area contributed by atoms with Crippen LogP contribution in [0, 0.1) is 10.1 Å². The first-order valence-corrected chi connectivity index (χ1v) is 8.09. The van der Waals surface area contributed by atoms with Crippen molar-refractivity contribution in [2.75, 3.05) is 38.7 Å². The zero-order valence-corrected chi connectivity index (χ0v) is 13.1. The molecule has 0 saturated carbocycles. The molecule has 0 radical (unpaired) electrons. The molecule has 0 aliphatic carbocycles. The van der Waals surface area contributed by atoms with Crippen molar-refractivity contribution >= 4 is 21.4 Å². The van der Waals surface area contributed by atoms with Crippen LogP contribution in [0.3, 0.4) is 0 Å². The molecule has 2 N–H and O–H groups in total. The number of morpholine rings is 1.